The number of carbonyl (C=O) groups is 5. The maximum absolute atomic E-state index is 14.6. The van der Waals surface area contributed by atoms with Crippen LogP contribution in [0.3, 0.4) is 0 Å². The maximum atomic E-state index is 14.6. The van der Waals surface area contributed by atoms with Crippen LogP contribution in [-0.2, 0) is 40.0 Å². The van der Waals surface area contributed by atoms with Crippen LogP contribution in [0.5, 0.6) is 0 Å². The van der Waals surface area contributed by atoms with Crippen molar-refractivity contribution in [1.29, 1.82) is 0 Å². The summed E-state index contributed by atoms with van der Waals surface area (Å²) in [4.78, 5) is 63.0. The Morgan fingerprint density at radius 1 is 1.12 bits per heavy atom. The van der Waals surface area contributed by atoms with Gasteiger partial charge in [-0.3, -0.25) is 24.3 Å². The molecule has 5 rings (SSSR count). The number of H-pyrrole nitrogens is 1. The van der Waals surface area contributed by atoms with Gasteiger partial charge in [-0.25, -0.2) is 9.18 Å². The number of hydrogen-bond acceptors (Lipinski definition) is 13. The van der Waals surface area contributed by atoms with Gasteiger partial charge in [-0.05, 0) is 11.6 Å². The van der Waals surface area contributed by atoms with E-state index in [2.05, 4.69) is 20.9 Å². The summed E-state index contributed by atoms with van der Waals surface area (Å²) in [5.74, 6) is -8.70. The lowest BCUT2D eigenvalue weighted by Crippen LogP contribution is -2.72. The predicted octanol–water partition coefficient (Wildman–Crippen LogP) is -1.09. The number of alkyl halides is 1. The Morgan fingerprint density at radius 3 is 2.52 bits per heavy atom. The second kappa shape index (κ2) is 15.9. The van der Waals surface area contributed by atoms with Crippen LogP contribution in [0.1, 0.15) is 31.7 Å². The summed E-state index contributed by atoms with van der Waals surface area (Å²) >= 11 is 0. The van der Waals surface area contributed by atoms with Crippen LogP contribution in [0, 0.1) is 0 Å². The quantitative estimate of drug-likeness (QED) is 0.103. The van der Waals surface area contributed by atoms with Crippen molar-refractivity contribution in [2.45, 2.75) is 75.1 Å². The summed E-state index contributed by atoms with van der Waals surface area (Å²) in [7, 11) is 0. The van der Waals surface area contributed by atoms with Gasteiger partial charge in [-0.15, -0.1) is 5.10 Å². The summed E-state index contributed by atoms with van der Waals surface area (Å²) in [6.07, 6.45) is -12.7. The predicted molar refractivity (Wildman–Crippen MR) is 174 cm³/mol. The van der Waals surface area contributed by atoms with E-state index in [1.165, 1.54) is 0 Å². The van der Waals surface area contributed by atoms with E-state index in [-0.39, 0.29) is 31.8 Å². The lowest BCUT2D eigenvalue weighted by molar-refractivity contribution is -0.320. The van der Waals surface area contributed by atoms with E-state index in [0.717, 1.165) is 17.6 Å². The number of aliphatic hydroxyl groups excluding tert-OH is 3. The zero-order valence-corrected chi connectivity index (χ0v) is 27.6. The van der Waals surface area contributed by atoms with Gasteiger partial charge in [0.1, 0.15) is 36.7 Å². The van der Waals surface area contributed by atoms with Gasteiger partial charge >= 0.3 is 17.7 Å². The Morgan fingerprint density at radius 2 is 1.81 bits per heavy atom. The highest BCUT2D eigenvalue weighted by Crippen LogP contribution is 2.40. The second-order valence-electron chi connectivity index (χ2n) is 12.2. The molecule has 2 aliphatic heterocycles. The number of rotatable bonds is 12. The van der Waals surface area contributed by atoms with E-state index in [9.17, 15) is 53.9 Å². The van der Waals surface area contributed by atoms with E-state index in [1.807, 2.05) is 24.3 Å². The summed E-state index contributed by atoms with van der Waals surface area (Å²) in [6, 6.07) is 12.5. The molecule has 1 saturated heterocycles. The van der Waals surface area contributed by atoms with Crippen molar-refractivity contribution in [3.05, 3.63) is 54.1 Å². The SMILES string of the molecule is [3H]n1nnc2c1-c1ccccc1CN(C(=O)CCNC(=O)CCC(=O)OC[C@@H](O)[C@@H](O)[C@@H]1OC(O)(C(=O)O)C(F)[C@H](O)[C@H]1NC(C)=O)c1ccccc1-2. The molecule has 3 aromatic rings. The minimum absolute atomic E-state index is 0.0861. The van der Waals surface area contributed by atoms with Crippen LogP contribution in [-0.4, -0.2) is 126 Å². The normalized spacial score (nSPS) is 23.7. The standard InChI is InChI=1S/C33H37FN6O12/c1-16(41)36-27-29(47)31(34)33(50,32(48)49)52-30(27)28(46)21(42)15-51-24(45)11-10-22(43)35-13-12-23(44)40-14-17-6-2-3-7-18(17)25-26(38-39-37-25)19-8-4-5-9-20(19)40/h2-9,21,27-31,42,46-47,50H,10-15H2,1H3,(H,35,43)(H,36,41)(H,48,49)(H,37,38,39)/t21-,27-,28-,29-,30-,31?,33?/m1/s1/i/hT. The number of carbonyl (C=O) groups excluding carboxylic acids is 4. The molecule has 19 heteroatoms. The number of hydrogen-bond donors (Lipinski definition) is 8. The number of carboxylic acid groups (broad SMARTS) is 1. The summed E-state index contributed by atoms with van der Waals surface area (Å²) < 4.78 is 32.5. The number of aromatic amines is 1. The number of ether oxygens (including phenoxy) is 2. The molecule has 0 bridgehead atoms. The fraction of sp³-hybridized carbons (Fsp3) is 0.424. The van der Waals surface area contributed by atoms with Crippen molar-refractivity contribution < 1.29 is 64.8 Å². The average molecular weight is 731 g/mol. The number of amides is 3. The van der Waals surface area contributed by atoms with Gasteiger partial charge in [0.2, 0.25) is 17.7 Å². The van der Waals surface area contributed by atoms with Crippen molar-refractivity contribution in [3.63, 3.8) is 0 Å². The van der Waals surface area contributed by atoms with Crippen molar-refractivity contribution >= 4 is 35.3 Å². The molecule has 7 atom stereocenters. The van der Waals surface area contributed by atoms with Gasteiger partial charge in [0.05, 0.1) is 30.4 Å². The van der Waals surface area contributed by atoms with Gasteiger partial charge in [0.15, 0.2) is 7.58 Å². The Bertz CT molecular complexity index is 1880. The minimum Gasteiger partial charge on any atom is -0.477 e. The lowest BCUT2D eigenvalue weighted by Gasteiger charge is -2.46. The molecule has 1 aromatic heterocycles. The third kappa shape index (κ3) is 7.92. The first-order valence-corrected chi connectivity index (χ1v) is 16.1. The highest BCUT2D eigenvalue weighted by Gasteiger charge is 2.61. The van der Waals surface area contributed by atoms with E-state index >= 15 is 0 Å². The molecule has 1 fully saturated rings. The molecule has 0 saturated carbocycles. The van der Waals surface area contributed by atoms with Crippen molar-refractivity contribution in [2.75, 3.05) is 18.1 Å². The molecule has 52 heavy (non-hydrogen) atoms. The van der Waals surface area contributed by atoms with Gasteiger partial charge in [-0.2, -0.15) is 0 Å². The molecule has 278 valence electrons. The Labute approximate surface area is 296 Å². The van der Waals surface area contributed by atoms with E-state index in [0.29, 0.717) is 28.2 Å². The smallest absolute Gasteiger partial charge is 0.367 e. The molecule has 0 spiro atoms. The van der Waals surface area contributed by atoms with Crippen LogP contribution < -0.4 is 15.5 Å². The van der Waals surface area contributed by atoms with E-state index < -0.39 is 79.2 Å². The fourth-order valence-electron chi connectivity index (χ4n) is 5.97. The molecule has 3 heterocycles. The molecular weight excluding hydrogens is 691 g/mol. The van der Waals surface area contributed by atoms with Crippen molar-refractivity contribution in [1.82, 2.24) is 26.0 Å². The van der Waals surface area contributed by atoms with Crippen LogP contribution in [0.15, 0.2) is 48.5 Å². The first-order chi connectivity index (χ1) is 25.1. The van der Waals surface area contributed by atoms with Crippen LogP contribution in [0.2, 0.25) is 1.41 Å². The summed E-state index contributed by atoms with van der Waals surface area (Å²) in [5.41, 5.74) is 3.48. The number of nitrogens with zero attached hydrogens (tertiary/aromatic N) is 3. The van der Waals surface area contributed by atoms with E-state index in [4.69, 9.17) is 10.9 Å². The van der Waals surface area contributed by atoms with Gasteiger partial charge in [0.25, 0.3) is 0 Å². The Hall–Kier alpha value is -5.34. The van der Waals surface area contributed by atoms with Crippen LogP contribution in [0.4, 0.5) is 10.1 Å². The number of esters is 1. The topological polar surface area (TPSA) is 274 Å². The number of aliphatic carboxylic acids is 1. The lowest BCUT2D eigenvalue weighted by atomic mass is 9.87. The van der Waals surface area contributed by atoms with Crippen molar-refractivity contribution in [2.24, 2.45) is 0 Å². The number of fused-ring (bicyclic) bond motifs is 5. The third-order valence-electron chi connectivity index (χ3n) is 8.62. The minimum atomic E-state index is -3.65. The summed E-state index contributed by atoms with van der Waals surface area (Å²) in [5, 5.41) is 64.3. The molecular formula is C33H37FN6O12. The number of halogens is 1. The van der Waals surface area contributed by atoms with Crippen LogP contribution >= 0.6 is 0 Å². The van der Waals surface area contributed by atoms with Gasteiger partial charge in [0, 0.05) is 37.4 Å². The van der Waals surface area contributed by atoms with Crippen molar-refractivity contribution in [3.8, 4) is 22.5 Å². The van der Waals surface area contributed by atoms with Gasteiger partial charge in [-0.1, -0.05) is 47.7 Å². The zero-order chi connectivity index (χ0) is 38.6. The molecule has 2 aromatic carbocycles. The second-order valence-corrected chi connectivity index (χ2v) is 12.2. The number of nitrogens with one attached hydrogen (secondary N) is 3. The zero-order valence-electron chi connectivity index (χ0n) is 28.6. The average Bonchev–Trinajstić information content (AvgIpc) is 3.51. The third-order valence-corrected chi connectivity index (χ3v) is 8.62. The van der Waals surface area contributed by atoms with Crippen LogP contribution in [0.25, 0.3) is 22.5 Å². The molecule has 8 N–H and O–H groups in total. The number of para-hydroxylation sites is 1. The highest BCUT2D eigenvalue weighted by molar-refractivity contribution is 6.00. The number of anilines is 1. The molecule has 2 unspecified atom stereocenters. The molecule has 0 radical (unpaired) electrons. The van der Waals surface area contributed by atoms with E-state index in [1.54, 1.807) is 29.2 Å². The fourth-order valence-corrected chi connectivity index (χ4v) is 5.97. The molecule has 2 aliphatic rings. The first kappa shape index (κ1) is 36.5. The molecule has 3 amide bonds. The number of benzene rings is 2. The first-order valence-electron chi connectivity index (χ1n) is 16.5. The molecule has 0 aliphatic carbocycles. The monoisotopic (exact) mass is 730 g/mol. The largest absolute Gasteiger partial charge is 0.477 e. The summed E-state index contributed by atoms with van der Waals surface area (Å²) in [6.45, 7) is 0.0999. The van der Waals surface area contributed by atoms with Gasteiger partial charge < -0.3 is 50.5 Å². The number of carboxylic acids is 1. The number of aromatic nitrogens is 3. The Kier molecular flexibility index (Phi) is 11.2. The maximum Gasteiger partial charge on any atom is 0.367 e. The Balaban J connectivity index is 1.13. The highest BCUT2D eigenvalue weighted by atomic mass is 19.1. The molecule has 18 nitrogen and oxygen atoms in total. The number of aliphatic hydroxyl groups is 4.